The Hall–Kier alpha value is -1.38. The van der Waals surface area contributed by atoms with Crippen LogP contribution in [0.25, 0.3) is 11.3 Å². The zero-order valence-corrected chi connectivity index (χ0v) is 18.0. The molecule has 1 aromatic carbocycles. The van der Waals surface area contributed by atoms with E-state index in [-0.39, 0.29) is 29.2 Å². The number of aryl methyl sites for hydroxylation is 1. The van der Waals surface area contributed by atoms with Gasteiger partial charge < -0.3 is 4.90 Å². The molecule has 0 N–H and O–H groups in total. The molecular weight excluding hydrogens is 400 g/mol. The molecule has 0 bridgehead atoms. The first-order valence-electron chi connectivity index (χ1n) is 9.03. The van der Waals surface area contributed by atoms with Gasteiger partial charge in [0.15, 0.2) is 14.2 Å². The Labute approximate surface area is 169 Å². The van der Waals surface area contributed by atoms with Crippen LogP contribution < -0.4 is 0 Å². The molecule has 27 heavy (non-hydrogen) atoms. The van der Waals surface area contributed by atoms with Gasteiger partial charge in [-0.05, 0) is 19.8 Å². The summed E-state index contributed by atoms with van der Waals surface area (Å²) >= 11 is 2.96. The first kappa shape index (κ1) is 20.4. The normalized spacial score (nSPS) is 18.5. The molecule has 1 amide bonds. The number of thioether (sulfide) groups is 1. The van der Waals surface area contributed by atoms with Crippen molar-refractivity contribution in [1.29, 1.82) is 0 Å². The van der Waals surface area contributed by atoms with E-state index in [1.807, 2.05) is 24.4 Å². The highest BCUT2D eigenvalue weighted by molar-refractivity contribution is 8.01. The second-order valence-electron chi connectivity index (χ2n) is 6.80. The molecule has 1 saturated heterocycles. The van der Waals surface area contributed by atoms with Crippen LogP contribution in [0.5, 0.6) is 0 Å². The molecule has 0 unspecified atom stereocenters. The predicted octanol–water partition coefficient (Wildman–Crippen LogP) is 3.64. The van der Waals surface area contributed by atoms with Gasteiger partial charge in [0.25, 0.3) is 0 Å². The Morgan fingerprint density at radius 3 is 2.70 bits per heavy atom. The zero-order valence-electron chi connectivity index (χ0n) is 15.6. The molecule has 3 rings (SSSR count). The summed E-state index contributed by atoms with van der Waals surface area (Å²) in [6, 6.07) is 8.04. The van der Waals surface area contributed by atoms with Crippen molar-refractivity contribution in [2.75, 3.05) is 23.8 Å². The second kappa shape index (κ2) is 8.75. The number of hydrogen-bond acceptors (Lipinski definition) is 6. The van der Waals surface area contributed by atoms with E-state index in [9.17, 15) is 13.2 Å². The van der Waals surface area contributed by atoms with Gasteiger partial charge in [0.1, 0.15) is 0 Å². The number of hydrogen-bond donors (Lipinski definition) is 0. The second-order valence-corrected chi connectivity index (χ2v) is 11.1. The van der Waals surface area contributed by atoms with Crippen LogP contribution in [0.3, 0.4) is 0 Å². The Balaban J connectivity index is 1.61. The lowest BCUT2D eigenvalue weighted by Crippen LogP contribution is -2.42. The molecule has 1 fully saturated rings. The van der Waals surface area contributed by atoms with Gasteiger partial charge in [-0.25, -0.2) is 13.4 Å². The van der Waals surface area contributed by atoms with Crippen LogP contribution in [-0.4, -0.2) is 54.1 Å². The van der Waals surface area contributed by atoms with Gasteiger partial charge in [0.2, 0.25) is 5.91 Å². The first-order valence-corrected chi connectivity index (χ1v) is 12.7. The van der Waals surface area contributed by atoms with Gasteiger partial charge >= 0.3 is 0 Å². The molecule has 8 heteroatoms. The number of thiazole rings is 1. The van der Waals surface area contributed by atoms with Gasteiger partial charge in [0, 0.05) is 23.5 Å². The number of amides is 1. The van der Waals surface area contributed by atoms with Gasteiger partial charge in [0.05, 0.1) is 23.0 Å². The van der Waals surface area contributed by atoms with E-state index in [1.165, 1.54) is 28.7 Å². The SMILES string of the molecule is CCCN(C(=O)CSc1nc(-c2ccc(C)cc2)cs1)[C@@H]1CCS(=O)(=O)C1. The minimum absolute atomic E-state index is 0.00367. The Morgan fingerprint density at radius 2 is 2.07 bits per heavy atom. The van der Waals surface area contributed by atoms with Crippen molar-refractivity contribution in [3.63, 3.8) is 0 Å². The molecule has 0 aliphatic carbocycles. The first-order chi connectivity index (χ1) is 12.9. The third kappa shape index (κ3) is 5.33. The van der Waals surface area contributed by atoms with Crippen LogP contribution in [0, 0.1) is 6.92 Å². The van der Waals surface area contributed by atoms with Gasteiger partial charge in [-0.3, -0.25) is 4.79 Å². The highest BCUT2D eigenvalue weighted by Gasteiger charge is 2.34. The Kier molecular flexibility index (Phi) is 6.60. The number of rotatable bonds is 7. The lowest BCUT2D eigenvalue weighted by Gasteiger charge is -2.27. The van der Waals surface area contributed by atoms with Crippen LogP contribution in [0.1, 0.15) is 25.3 Å². The molecule has 146 valence electrons. The van der Waals surface area contributed by atoms with Crippen molar-refractivity contribution in [3.8, 4) is 11.3 Å². The van der Waals surface area contributed by atoms with Gasteiger partial charge in [-0.15, -0.1) is 11.3 Å². The highest BCUT2D eigenvalue weighted by Crippen LogP contribution is 2.29. The van der Waals surface area contributed by atoms with Crippen LogP contribution in [0.15, 0.2) is 34.0 Å². The van der Waals surface area contributed by atoms with E-state index in [1.54, 1.807) is 4.90 Å². The quantitative estimate of drug-likeness (QED) is 0.635. The lowest BCUT2D eigenvalue weighted by atomic mass is 10.1. The third-order valence-corrected chi connectivity index (χ3v) is 8.34. The molecule has 0 spiro atoms. The van der Waals surface area contributed by atoms with E-state index in [4.69, 9.17) is 0 Å². The molecule has 0 saturated carbocycles. The molecular formula is C19H24N2O3S3. The monoisotopic (exact) mass is 424 g/mol. The van der Waals surface area contributed by atoms with Gasteiger partial charge in [-0.2, -0.15) is 0 Å². The van der Waals surface area contributed by atoms with Crippen LogP contribution in [0.2, 0.25) is 0 Å². The number of carbonyl (C=O) groups excluding carboxylic acids is 1. The zero-order chi connectivity index (χ0) is 19.4. The van der Waals surface area contributed by atoms with Crippen molar-refractivity contribution in [1.82, 2.24) is 9.88 Å². The molecule has 2 aromatic rings. The summed E-state index contributed by atoms with van der Waals surface area (Å²) < 4.78 is 24.4. The summed E-state index contributed by atoms with van der Waals surface area (Å²) in [7, 11) is -3.00. The fraction of sp³-hybridized carbons (Fsp3) is 0.474. The van der Waals surface area contributed by atoms with Crippen molar-refractivity contribution < 1.29 is 13.2 Å². The maximum absolute atomic E-state index is 12.7. The number of benzene rings is 1. The Bertz CT molecular complexity index is 891. The maximum atomic E-state index is 12.7. The van der Waals surface area contributed by atoms with Crippen LogP contribution in [-0.2, 0) is 14.6 Å². The Morgan fingerprint density at radius 1 is 1.33 bits per heavy atom. The summed E-state index contributed by atoms with van der Waals surface area (Å²) in [5, 5.41) is 2.00. The number of nitrogens with zero attached hydrogens (tertiary/aromatic N) is 2. The molecule has 2 heterocycles. The fourth-order valence-corrected chi connectivity index (χ4v) is 6.61. The number of aromatic nitrogens is 1. The average molecular weight is 425 g/mol. The number of carbonyl (C=O) groups is 1. The van der Waals surface area contributed by atoms with E-state index in [0.29, 0.717) is 13.0 Å². The maximum Gasteiger partial charge on any atom is 0.233 e. The molecule has 1 aromatic heterocycles. The van der Waals surface area contributed by atoms with Crippen molar-refractivity contribution in [3.05, 3.63) is 35.2 Å². The van der Waals surface area contributed by atoms with Gasteiger partial charge in [-0.1, -0.05) is 48.5 Å². The molecule has 1 aliphatic rings. The summed E-state index contributed by atoms with van der Waals surface area (Å²) in [4.78, 5) is 19.1. The molecule has 1 aliphatic heterocycles. The fourth-order valence-electron chi connectivity index (χ4n) is 3.16. The highest BCUT2D eigenvalue weighted by atomic mass is 32.2. The largest absolute Gasteiger partial charge is 0.338 e. The lowest BCUT2D eigenvalue weighted by molar-refractivity contribution is -0.130. The molecule has 5 nitrogen and oxygen atoms in total. The summed E-state index contributed by atoms with van der Waals surface area (Å²) in [5.74, 6) is 0.566. The van der Waals surface area contributed by atoms with E-state index < -0.39 is 9.84 Å². The summed E-state index contributed by atoms with van der Waals surface area (Å²) in [5.41, 5.74) is 3.19. The topological polar surface area (TPSA) is 67.3 Å². The number of sulfone groups is 1. The van der Waals surface area contributed by atoms with E-state index in [2.05, 4.69) is 24.0 Å². The van der Waals surface area contributed by atoms with E-state index in [0.717, 1.165) is 22.0 Å². The van der Waals surface area contributed by atoms with Crippen LogP contribution in [0.4, 0.5) is 0 Å². The average Bonchev–Trinajstić information content (AvgIpc) is 3.24. The minimum atomic E-state index is -3.00. The summed E-state index contributed by atoms with van der Waals surface area (Å²) in [6.07, 6.45) is 1.37. The molecule has 0 radical (unpaired) electrons. The van der Waals surface area contributed by atoms with Crippen molar-refractivity contribution in [2.45, 2.75) is 37.1 Å². The van der Waals surface area contributed by atoms with Crippen molar-refractivity contribution in [2.24, 2.45) is 0 Å². The smallest absolute Gasteiger partial charge is 0.233 e. The summed E-state index contributed by atoms with van der Waals surface area (Å²) in [6.45, 7) is 4.66. The van der Waals surface area contributed by atoms with Crippen LogP contribution >= 0.6 is 23.1 Å². The van der Waals surface area contributed by atoms with E-state index >= 15 is 0 Å². The minimum Gasteiger partial charge on any atom is -0.338 e. The predicted molar refractivity (Wildman–Crippen MR) is 112 cm³/mol. The standard InChI is InChI=1S/C19H24N2O3S3/c1-3-9-21(16-8-10-27(23,24)13-16)18(22)12-26-19-20-17(11-25-19)15-6-4-14(2)5-7-15/h4-7,11,16H,3,8-10,12-13H2,1-2H3/t16-/m1/s1. The molecule has 1 atom stereocenters. The van der Waals surface area contributed by atoms with Crippen molar-refractivity contribution >= 4 is 38.8 Å². The third-order valence-electron chi connectivity index (χ3n) is 4.58.